The largest absolute Gasteiger partial charge is 0.417 e. The van der Waals surface area contributed by atoms with Crippen molar-refractivity contribution in [1.82, 2.24) is 10.3 Å². The van der Waals surface area contributed by atoms with Gasteiger partial charge in [0.2, 0.25) is 0 Å². The minimum absolute atomic E-state index is 0. The summed E-state index contributed by atoms with van der Waals surface area (Å²) in [6.07, 6.45) is -2.88. The normalized spacial score (nSPS) is 19.0. The highest BCUT2D eigenvalue weighted by molar-refractivity contribution is 14.0. The molecule has 1 aliphatic heterocycles. The summed E-state index contributed by atoms with van der Waals surface area (Å²) >= 11 is 5.92. The summed E-state index contributed by atoms with van der Waals surface area (Å²) in [5, 5.41) is 3.01. The lowest BCUT2D eigenvalue weighted by Crippen LogP contribution is -2.41. The summed E-state index contributed by atoms with van der Waals surface area (Å²) in [5.74, 6) is 0.675. The van der Waals surface area contributed by atoms with Crippen LogP contribution in [0.1, 0.15) is 12.0 Å². The van der Waals surface area contributed by atoms with Crippen LogP contribution in [0, 0.1) is 0 Å². The van der Waals surface area contributed by atoms with Crippen molar-refractivity contribution < 1.29 is 13.2 Å². The van der Waals surface area contributed by atoms with E-state index < -0.39 is 11.7 Å². The Morgan fingerprint density at radius 2 is 2.23 bits per heavy atom. The molecule has 1 atom stereocenters. The zero-order valence-corrected chi connectivity index (χ0v) is 14.8. The molecule has 2 rings (SSSR count). The summed E-state index contributed by atoms with van der Waals surface area (Å²) in [6, 6.07) is 0.959. The van der Waals surface area contributed by atoms with Crippen LogP contribution in [0.5, 0.6) is 0 Å². The lowest BCUT2D eigenvalue weighted by atomic mass is 10.2. The van der Waals surface area contributed by atoms with Crippen LogP contribution < -0.4 is 16.0 Å². The summed E-state index contributed by atoms with van der Waals surface area (Å²) in [5.41, 5.74) is 4.73. The maximum absolute atomic E-state index is 12.6. The van der Waals surface area contributed by atoms with Gasteiger partial charge in [0.05, 0.1) is 10.6 Å². The Labute approximate surface area is 148 Å². The van der Waals surface area contributed by atoms with E-state index in [0.29, 0.717) is 24.9 Å². The lowest BCUT2D eigenvalue weighted by Gasteiger charge is -2.20. The number of guanidine groups is 1. The molecule has 124 valence electrons. The molecule has 1 saturated heterocycles. The fraction of sp³-hybridized carbons (Fsp3) is 0.500. The fourth-order valence-corrected chi connectivity index (χ4v) is 2.45. The Balaban J connectivity index is 0.00000242. The number of halogens is 5. The van der Waals surface area contributed by atoms with Crippen molar-refractivity contribution in [2.75, 3.05) is 25.0 Å². The molecule has 1 unspecified atom stereocenters. The second-order valence-corrected chi connectivity index (χ2v) is 5.12. The molecule has 5 nitrogen and oxygen atoms in total. The van der Waals surface area contributed by atoms with Gasteiger partial charge in [0.1, 0.15) is 5.82 Å². The lowest BCUT2D eigenvalue weighted by molar-refractivity contribution is -0.137. The number of rotatable bonds is 2. The molecule has 1 fully saturated rings. The minimum Gasteiger partial charge on any atom is -0.370 e. The fourth-order valence-electron chi connectivity index (χ4n) is 2.16. The summed E-state index contributed by atoms with van der Waals surface area (Å²) in [7, 11) is 1.57. The molecule has 0 radical (unpaired) electrons. The van der Waals surface area contributed by atoms with E-state index in [0.717, 1.165) is 18.7 Å². The molecular formula is C12H16ClF3IN5. The van der Waals surface area contributed by atoms with E-state index in [4.69, 9.17) is 17.3 Å². The molecular weight excluding hydrogens is 434 g/mol. The first-order chi connectivity index (χ1) is 9.81. The van der Waals surface area contributed by atoms with Gasteiger partial charge in [0, 0.05) is 32.4 Å². The van der Waals surface area contributed by atoms with Crippen LogP contribution in [0.15, 0.2) is 17.3 Å². The van der Waals surface area contributed by atoms with Crippen LogP contribution in [0.25, 0.3) is 0 Å². The highest BCUT2D eigenvalue weighted by Gasteiger charge is 2.33. The monoisotopic (exact) mass is 449 g/mol. The van der Waals surface area contributed by atoms with Gasteiger partial charge in [0.25, 0.3) is 0 Å². The zero-order valence-electron chi connectivity index (χ0n) is 11.7. The quantitative estimate of drug-likeness (QED) is 0.414. The second-order valence-electron chi connectivity index (χ2n) is 4.71. The summed E-state index contributed by atoms with van der Waals surface area (Å²) in [4.78, 5) is 9.47. The summed E-state index contributed by atoms with van der Waals surface area (Å²) in [6.45, 7) is 1.18. The first-order valence-corrected chi connectivity index (χ1v) is 6.65. The number of nitrogens with two attached hydrogens (primary N) is 1. The Bertz CT molecular complexity index is 552. The van der Waals surface area contributed by atoms with Crippen LogP contribution in [-0.4, -0.2) is 37.1 Å². The average molecular weight is 450 g/mol. The predicted octanol–water partition coefficient (Wildman–Crippen LogP) is 2.48. The van der Waals surface area contributed by atoms with Gasteiger partial charge in [-0.1, -0.05) is 11.6 Å². The van der Waals surface area contributed by atoms with Gasteiger partial charge in [-0.25, -0.2) is 4.98 Å². The van der Waals surface area contributed by atoms with E-state index in [1.165, 1.54) is 0 Å². The van der Waals surface area contributed by atoms with E-state index in [1.54, 1.807) is 7.05 Å². The number of pyridine rings is 1. The van der Waals surface area contributed by atoms with Crippen molar-refractivity contribution in [2.45, 2.75) is 18.6 Å². The number of nitrogens with one attached hydrogen (secondary N) is 1. The Hall–Kier alpha value is -0.970. The predicted molar refractivity (Wildman–Crippen MR) is 91.0 cm³/mol. The molecule has 0 bridgehead atoms. The Morgan fingerprint density at radius 1 is 1.55 bits per heavy atom. The number of anilines is 1. The number of hydrogen-bond donors (Lipinski definition) is 2. The topological polar surface area (TPSA) is 66.5 Å². The first kappa shape index (κ1) is 19.1. The van der Waals surface area contributed by atoms with Crippen LogP contribution in [0.3, 0.4) is 0 Å². The van der Waals surface area contributed by atoms with Gasteiger partial charge in [-0.05, 0) is 12.5 Å². The first-order valence-electron chi connectivity index (χ1n) is 6.27. The van der Waals surface area contributed by atoms with Crippen LogP contribution >= 0.6 is 35.6 Å². The van der Waals surface area contributed by atoms with Crippen molar-refractivity contribution in [3.8, 4) is 0 Å². The van der Waals surface area contributed by atoms with Crippen LogP contribution in [0.2, 0.25) is 5.02 Å². The van der Waals surface area contributed by atoms with Crippen LogP contribution in [0.4, 0.5) is 19.0 Å². The van der Waals surface area contributed by atoms with E-state index in [-0.39, 0.29) is 35.0 Å². The molecule has 1 aliphatic rings. The number of nitrogens with zero attached hydrogens (tertiary/aromatic N) is 3. The standard InChI is InChI=1S/C12H15ClF3N5.HI/c1-18-11(17)20-8-2-3-21(6-8)10-9(13)4-7(5-19-10)12(14,15)16;/h4-5,8H,2-3,6H2,1H3,(H3,17,18,20);1H. The van der Waals surface area contributed by atoms with E-state index in [2.05, 4.69) is 15.3 Å². The molecule has 0 saturated carbocycles. The number of aromatic nitrogens is 1. The third-order valence-electron chi connectivity index (χ3n) is 3.23. The molecule has 1 aromatic rings. The van der Waals surface area contributed by atoms with Crippen molar-refractivity contribution in [3.05, 3.63) is 22.8 Å². The van der Waals surface area contributed by atoms with Gasteiger partial charge in [-0.3, -0.25) is 4.99 Å². The van der Waals surface area contributed by atoms with Crippen molar-refractivity contribution >= 4 is 47.4 Å². The van der Waals surface area contributed by atoms with Crippen molar-refractivity contribution in [2.24, 2.45) is 10.7 Å². The molecule has 10 heteroatoms. The third-order valence-corrected chi connectivity index (χ3v) is 3.51. The smallest absolute Gasteiger partial charge is 0.370 e. The molecule has 0 spiro atoms. The Morgan fingerprint density at radius 3 is 2.77 bits per heavy atom. The molecule has 0 aliphatic carbocycles. The van der Waals surface area contributed by atoms with Crippen molar-refractivity contribution in [3.63, 3.8) is 0 Å². The van der Waals surface area contributed by atoms with E-state index in [1.807, 2.05) is 4.90 Å². The zero-order chi connectivity index (χ0) is 15.6. The number of alkyl halides is 3. The summed E-state index contributed by atoms with van der Waals surface area (Å²) < 4.78 is 37.7. The van der Waals surface area contributed by atoms with E-state index >= 15 is 0 Å². The third kappa shape index (κ3) is 4.51. The SMILES string of the molecule is CN=C(N)NC1CCN(c2ncc(C(F)(F)F)cc2Cl)C1.I. The van der Waals surface area contributed by atoms with Gasteiger partial charge < -0.3 is 16.0 Å². The van der Waals surface area contributed by atoms with Gasteiger partial charge in [0.15, 0.2) is 5.96 Å². The molecule has 0 amide bonds. The molecule has 22 heavy (non-hydrogen) atoms. The molecule has 2 heterocycles. The second kappa shape index (κ2) is 7.53. The molecule has 3 N–H and O–H groups in total. The number of hydrogen-bond acceptors (Lipinski definition) is 3. The van der Waals surface area contributed by atoms with E-state index in [9.17, 15) is 13.2 Å². The van der Waals surface area contributed by atoms with Crippen LogP contribution in [-0.2, 0) is 6.18 Å². The molecule has 0 aromatic carbocycles. The minimum atomic E-state index is -4.45. The van der Waals surface area contributed by atoms with Gasteiger partial charge >= 0.3 is 6.18 Å². The number of aliphatic imine (C=N–C) groups is 1. The van der Waals surface area contributed by atoms with Crippen molar-refractivity contribution in [1.29, 1.82) is 0 Å². The maximum atomic E-state index is 12.6. The van der Waals surface area contributed by atoms with Gasteiger partial charge in [-0.15, -0.1) is 24.0 Å². The highest BCUT2D eigenvalue weighted by Crippen LogP contribution is 2.34. The van der Waals surface area contributed by atoms with Gasteiger partial charge in [-0.2, -0.15) is 13.2 Å². The Kier molecular flexibility index (Phi) is 6.53. The maximum Gasteiger partial charge on any atom is 0.417 e. The highest BCUT2D eigenvalue weighted by atomic mass is 127. The molecule has 1 aromatic heterocycles. The average Bonchev–Trinajstić information content (AvgIpc) is 2.85.